The average molecular weight is 436 g/mol. The lowest BCUT2D eigenvalue weighted by atomic mass is 9.99. The van der Waals surface area contributed by atoms with Crippen LogP contribution in [0.3, 0.4) is 0 Å². The first kappa shape index (κ1) is 24.4. The molecule has 2 bridgehead atoms. The number of aromatic nitrogens is 2. The second-order valence-electron chi connectivity index (χ2n) is 9.35. The second kappa shape index (κ2) is 10.4. The second-order valence-corrected chi connectivity index (χ2v) is 9.35. The molecule has 0 saturated heterocycles. The van der Waals surface area contributed by atoms with E-state index in [1.165, 1.54) is 0 Å². The van der Waals surface area contributed by atoms with Gasteiger partial charge >= 0.3 is 6.09 Å². The van der Waals surface area contributed by atoms with E-state index < -0.39 is 35.8 Å². The van der Waals surface area contributed by atoms with Crippen LogP contribution in [0.2, 0.25) is 0 Å². The maximum atomic E-state index is 12.9. The largest absolute Gasteiger partial charge is 0.449 e. The molecule has 3 N–H and O–H groups in total. The van der Waals surface area contributed by atoms with Crippen LogP contribution < -0.4 is 16.0 Å². The SMILES string of the molecule is CC(C)C(NC(=O)OCC(C)(C)C)C(=O)NC1Cc2cnn(c2)CCCNC(=O)C1=O. The van der Waals surface area contributed by atoms with Crippen molar-refractivity contribution in [1.82, 2.24) is 25.7 Å². The summed E-state index contributed by atoms with van der Waals surface area (Å²) in [6.07, 6.45) is 3.46. The van der Waals surface area contributed by atoms with E-state index in [1.807, 2.05) is 20.8 Å². The zero-order valence-corrected chi connectivity index (χ0v) is 18.9. The zero-order chi connectivity index (χ0) is 23.2. The highest BCUT2D eigenvalue weighted by atomic mass is 16.5. The van der Waals surface area contributed by atoms with Gasteiger partial charge in [0.25, 0.3) is 5.91 Å². The molecule has 31 heavy (non-hydrogen) atoms. The van der Waals surface area contributed by atoms with Crippen LogP contribution in [-0.2, 0) is 32.1 Å². The summed E-state index contributed by atoms with van der Waals surface area (Å²) in [7, 11) is 0. The number of ketones is 1. The van der Waals surface area contributed by atoms with E-state index in [9.17, 15) is 19.2 Å². The van der Waals surface area contributed by atoms with Gasteiger partial charge in [0, 0.05) is 25.7 Å². The number of amides is 3. The van der Waals surface area contributed by atoms with Gasteiger partial charge in [0.05, 0.1) is 12.8 Å². The van der Waals surface area contributed by atoms with Crippen LogP contribution >= 0.6 is 0 Å². The summed E-state index contributed by atoms with van der Waals surface area (Å²) in [6.45, 7) is 10.4. The number of hydrogen-bond acceptors (Lipinski definition) is 6. The first-order valence-corrected chi connectivity index (χ1v) is 10.5. The summed E-state index contributed by atoms with van der Waals surface area (Å²) in [6, 6.07) is -2.00. The van der Waals surface area contributed by atoms with Crippen molar-refractivity contribution in [2.24, 2.45) is 11.3 Å². The van der Waals surface area contributed by atoms with E-state index in [0.29, 0.717) is 19.5 Å². The predicted molar refractivity (Wildman–Crippen MR) is 113 cm³/mol. The van der Waals surface area contributed by atoms with Gasteiger partial charge in [-0.3, -0.25) is 19.1 Å². The number of rotatable bonds is 5. The number of ether oxygens (including phenoxy) is 1. The number of carbonyl (C=O) groups excluding carboxylic acids is 4. The molecule has 10 nitrogen and oxygen atoms in total. The fourth-order valence-corrected chi connectivity index (χ4v) is 3.01. The number of nitrogens with zero attached hydrogens (tertiary/aromatic N) is 2. The normalized spacial score (nSPS) is 18.6. The molecule has 1 aliphatic heterocycles. The van der Waals surface area contributed by atoms with Crippen LogP contribution in [0.4, 0.5) is 4.79 Å². The number of Topliss-reactive ketones (excluding diaryl/α,β-unsaturated/α-hetero) is 1. The van der Waals surface area contributed by atoms with Gasteiger partial charge in [-0.05, 0) is 23.3 Å². The van der Waals surface area contributed by atoms with Crippen molar-refractivity contribution in [3.8, 4) is 0 Å². The molecule has 2 rings (SSSR count). The lowest BCUT2D eigenvalue weighted by Crippen LogP contribution is -2.56. The van der Waals surface area contributed by atoms with Crippen molar-refractivity contribution >= 4 is 23.7 Å². The van der Waals surface area contributed by atoms with Gasteiger partial charge in [-0.25, -0.2) is 4.79 Å². The average Bonchev–Trinajstić information content (AvgIpc) is 3.11. The summed E-state index contributed by atoms with van der Waals surface area (Å²) in [5, 5.41) is 12.0. The van der Waals surface area contributed by atoms with E-state index in [1.54, 1.807) is 30.9 Å². The van der Waals surface area contributed by atoms with Crippen molar-refractivity contribution in [3.63, 3.8) is 0 Å². The highest BCUT2D eigenvalue weighted by Crippen LogP contribution is 2.13. The van der Waals surface area contributed by atoms with Crippen LogP contribution in [0.25, 0.3) is 0 Å². The Hall–Kier alpha value is -2.91. The number of nitrogens with one attached hydrogen (secondary N) is 3. The van der Waals surface area contributed by atoms with Crippen LogP contribution in [0.1, 0.15) is 46.6 Å². The first-order chi connectivity index (χ1) is 14.5. The van der Waals surface area contributed by atoms with Crippen LogP contribution in [-0.4, -0.2) is 58.7 Å². The molecule has 0 spiro atoms. The third kappa shape index (κ3) is 7.69. The quantitative estimate of drug-likeness (QED) is 0.586. The zero-order valence-electron chi connectivity index (χ0n) is 18.9. The maximum Gasteiger partial charge on any atom is 0.407 e. The topological polar surface area (TPSA) is 131 Å². The van der Waals surface area contributed by atoms with E-state index >= 15 is 0 Å². The lowest BCUT2D eigenvalue weighted by molar-refractivity contribution is -0.140. The predicted octanol–water partition coefficient (Wildman–Crippen LogP) is 0.796. The Morgan fingerprint density at radius 3 is 2.68 bits per heavy atom. The molecule has 0 saturated carbocycles. The summed E-state index contributed by atoms with van der Waals surface area (Å²) in [5.74, 6) is -2.30. The highest BCUT2D eigenvalue weighted by molar-refractivity contribution is 6.38. The van der Waals surface area contributed by atoms with Gasteiger partial charge in [-0.15, -0.1) is 0 Å². The Morgan fingerprint density at radius 1 is 1.32 bits per heavy atom. The number of carbonyl (C=O) groups is 4. The minimum absolute atomic E-state index is 0.122. The van der Waals surface area contributed by atoms with E-state index in [-0.39, 0.29) is 24.4 Å². The van der Waals surface area contributed by atoms with Crippen LogP contribution in [0, 0.1) is 11.3 Å². The molecule has 1 aromatic rings. The van der Waals surface area contributed by atoms with E-state index in [0.717, 1.165) is 5.56 Å². The van der Waals surface area contributed by atoms with Gasteiger partial charge < -0.3 is 20.7 Å². The van der Waals surface area contributed by atoms with Crippen LogP contribution in [0.5, 0.6) is 0 Å². The molecular weight excluding hydrogens is 402 g/mol. The third-order valence-corrected chi connectivity index (χ3v) is 4.69. The molecule has 2 unspecified atom stereocenters. The monoisotopic (exact) mass is 435 g/mol. The van der Waals surface area contributed by atoms with Crippen molar-refractivity contribution in [2.45, 2.75) is 66.1 Å². The highest BCUT2D eigenvalue weighted by Gasteiger charge is 2.32. The van der Waals surface area contributed by atoms with E-state index in [4.69, 9.17) is 4.74 Å². The summed E-state index contributed by atoms with van der Waals surface area (Å²) >= 11 is 0. The Morgan fingerprint density at radius 2 is 2.03 bits per heavy atom. The molecule has 2 atom stereocenters. The van der Waals surface area contributed by atoms with E-state index in [2.05, 4.69) is 21.0 Å². The van der Waals surface area contributed by atoms with Gasteiger partial charge in [-0.2, -0.15) is 5.10 Å². The molecular formula is C21H33N5O5. The molecule has 0 aromatic carbocycles. The Kier molecular flexibility index (Phi) is 8.18. The standard InChI is InChI=1S/C21H33N5O5/c1-13(2)16(25-20(30)31-12-21(3,4)5)18(28)24-15-9-14-10-23-26(11-14)8-6-7-22-19(29)17(15)27/h10-11,13,15-16H,6-9,12H2,1-5H3,(H,22,29)(H,24,28)(H,25,30). The Balaban J connectivity index is 2.12. The van der Waals surface area contributed by atoms with Gasteiger partial charge in [0.1, 0.15) is 12.1 Å². The number of alkyl carbamates (subject to hydrolysis) is 1. The molecule has 2 heterocycles. The maximum absolute atomic E-state index is 12.9. The Bertz CT molecular complexity index is 811. The Labute approximate surface area is 182 Å². The van der Waals surface area contributed by atoms with Gasteiger partial charge in [0.2, 0.25) is 11.7 Å². The van der Waals surface area contributed by atoms with Crippen molar-refractivity contribution < 1.29 is 23.9 Å². The summed E-state index contributed by atoms with van der Waals surface area (Å²) in [4.78, 5) is 50.0. The molecule has 1 aromatic heterocycles. The van der Waals surface area contributed by atoms with Crippen molar-refractivity contribution in [1.29, 1.82) is 0 Å². The molecule has 172 valence electrons. The molecule has 0 fully saturated rings. The van der Waals surface area contributed by atoms with Crippen LogP contribution in [0.15, 0.2) is 12.4 Å². The lowest BCUT2D eigenvalue weighted by Gasteiger charge is -2.25. The first-order valence-electron chi connectivity index (χ1n) is 10.5. The fourth-order valence-electron chi connectivity index (χ4n) is 3.01. The fraction of sp³-hybridized carbons (Fsp3) is 0.667. The molecule has 3 amide bonds. The smallest absolute Gasteiger partial charge is 0.407 e. The number of hydrogen-bond donors (Lipinski definition) is 3. The molecule has 1 aliphatic rings. The van der Waals surface area contributed by atoms with Gasteiger partial charge in [0.15, 0.2) is 0 Å². The number of aryl methyl sites for hydroxylation is 1. The van der Waals surface area contributed by atoms with Crippen molar-refractivity contribution in [3.05, 3.63) is 18.0 Å². The molecule has 0 radical (unpaired) electrons. The minimum atomic E-state index is -1.07. The third-order valence-electron chi connectivity index (χ3n) is 4.69. The van der Waals surface area contributed by atoms with Crippen molar-refractivity contribution in [2.75, 3.05) is 13.2 Å². The van der Waals surface area contributed by atoms with Gasteiger partial charge in [-0.1, -0.05) is 34.6 Å². The minimum Gasteiger partial charge on any atom is -0.449 e. The number of fused-ring (bicyclic) bond motifs is 2. The summed E-state index contributed by atoms with van der Waals surface area (Å²) < 4.78 is 6.93. The molecule has 10 heteroatoms. The molecule has 0 aliphatic carbocycles. The summed E-state index contributed by atoms with van der Waals surface area (Å²) in [5.41, 5.74) is 0.512.